The van der Waals surface area contributed by atoms with Gasteiger partial charge in [-0.25, -0.2) is 0 Å². The third-order valence-electron chi connectivity index (χ3n) is 0.224. The minimum Gasteiger partial charge on any atom is -0.396 e. The molecule has 0 saturated heterocycles. The zero-order chi connectivity index (χ0) is 3.41. The maximum atomic E-state index is 7.88. The third kappa shape index (κ3) is 11.7. The van der Waals surface area contributed by atoms with Gasteiger partial charge in [-0.3, -0.25) is 0 Å². The maximum absolute atomic E-state index is 7.88. The van der Waals surface area contributed by atoms with Crippen LogP contribution in [0.15, 0.2) is 0 Å². The minimum atomic E-state index is 0. The molecule has 5 heavy (non-hydrogen) atoms. The molecule has 2 heteroatoms. The Kier molecular flexibility index (Phi) is 16.3. The van der Waals surface area contributed by atoms with E-state index in [9.17, 15) is 0 Å². The van der Waals surface area contributed by atoms with Gasteiger partial charge < -0.3 is 5.11 Å². The second-order valence-corrected chi connectivity index (χ2v) is 0.724. The van der Waals surface area contributed by atoms with Crippen LogP contribution < -0.4 is 0 Å². The minimum absolute atomic E-state index is 0. The predicted octanol–water partition coefficient (Wildman–Crippen LogP) is 0.00790. The Bertz CT molecular complexity index is 8.85. The van der Waals surface area contributed by atoms with Gasteiger partial charge in [0.25, 0.3) is 0 Å². The smallest absolute Gasteiger partial charge is 0.0428 e. The van der Waals surface area contributed by atoms with Gasteiger partial charge in [0.15, 0.2) is 0 Å². The molecule has 0 heterocycles. The van der Waals surface area contributed by atoms with E-state index >= 15 is 0 Å². The van der Waals surface area contributed by atoms with E-state index in [-0.39, 0.29) is 23.9 Å². The number of aliphatic hydroxyl groups excluding tert-OH is 1. The van der Waals surface area contributed by atoms with Crippen molar-refractivity contribution >= 4 is 23.9 Å². The quantitative estimate of drug-likeness (QED) is 0.561. The van der Waals surface area contributed by atoms with Crippen LogP contribution in [0.2, 0.25) is 0 Å². The maximum Gasteiger partial charge on any atom is 0.0428 e. The van der Waals surface area contributed by atoms with Gasteiger partial charge in [0.05, 0.1) is 0 Å². The van der Waals surface area contributed by atoms with Crippen molar-refractivity contribution in [2.45, 2.75) is 13.3 Å². The van der Waals surface area contributed by atoms with Gasteiger partial charge in [-0.15, -0.1) is 0 Å². The van der Waals surface area contributed by atoms with Gasteiger partial charge in [0.2, 0.25) is 0 Å². The first-order valence-electron chi connectivity index (χ1n) is 1.52. The first kappa shape index (κ1) is 9.23. The van der Waals surface area contributed by atoms with E-state index in [1.54, 1.807) is 0 Å². The molecule has 0 fully saturated rings. The first-order chi connectivity index (χ1) is 1.91. The summed E-state index contributed by atoms with van der Waals surface area (Å²) in [5.74, 6) is 0. The van der Waals surface area contributed by atoms with Gasteiger partial charge in [-0.1, -0.05) is 6.92 Å². The van der Waals surface area contributed by atoms with Crippen LogP contribution in [0.5, 0.6) is 0 Å². The second-order valence-electron chi connectivity index (χ2n) is 0.724. The number of aliphatic hydroxyl groups is 1. The molecule has 30 valence electrons. The monoisotopic (exact) mass is 180 g/mol. The fraction of sp³-hybridized carbons (Fsp3) is 1.00. The summed E-state index contributed by atoms with van der Waals surface area (Å²) in [4.78, 5) is 0. The van der Waals surface area contributed by atoms with E-state index in [1.165, 1.54) is 0 Å². The molecule has 0 aliphatic rings. The van der Waals surface area contributed by atoms with Crippen LogP contribution in [-0.4, -0.2) is 35.6 Å². The van der Waals surface area contributed by atoms with E-state index in [0.717, 1.165) is 6.42 Å². The van der Waals surface area contributed by atoms with E-state index in [4.69, 9.17) is 5.11 Å². The van der Waals surface area contributed by atoms with E-state index in [2.05, 4.69) is 0 Å². The van der Waals surface area contributed by atoms with Gasteiger partial charge in [-0.05, 0) is 6.42 Å². The summed E-state index contributed by atoms with van der Waals surface area (Å²) >= 11 is 0. The summed E-state index contributed by atoms with van der Waals surface area (Å²) in [5, 5.41) is 7.88. The van der Waals surface area contributed by atoms with Crippen molar-refractivity contribution in [1.82, 2.24) is 0 Å². The SMILES string of the molecule is CCCO.[Sn]. The fourth-order valence-corrected chi connectivity index (χ4v) is 0. The summed E-state index contributed by atoms with van der Waals surface area (Å²) in [6.07, 6.45) is 0.875. The second kappa shape index (κ2) is 8.83. The first-order valence-corrected chi connectivity index (χ1v) is 1.52. The van der Waals surface area contributed by atoms with Crippen molar-refractivity contribution in [2.75, 3.05) is 6.61 Å². The Labute approximate surface area is 49.3 Å². The molecule has 0 aliphatic carbocycles. The average Bonchev–Trinajstić information content (AvgIpc) is 1.37. The summed E-state index contributed by atoms with van der Waals surface area (Å²) < 4.78 is 0. The molecule has 0 atom stereocenters. The van der Waals surface area contributed by atoms with Crippen LogP contribution in [0, 0.1) is 0 Å². The van der Waals surface area contributed by atoms with Gasteiger partial charge in [0, 0.05) is 30.5 Å². The molecule has 0 aromatic rings. The molecule has 0 saturated carbocycles. The average molecular weight is 179 g/mol. The predicted molar refractivity (Wildman–Crippen MR) is 23.1 cm³/mol. The number of rotatable bonds is 1. The van der Waals surface area contributed by atoms with Crippen molar-refractivity contribution in [1.29, 1.82) is 0 Å². The van der Waals surface area contributed by atoms with E-state index in [0.29, 0.717) is 6.61 Å². The molecular formula is C3H8OSn. The van der Waals surface area contributed by atoms with Crippen LogP contribution in [0.3, 0.4) is 0 Å². The van der Waals surface area contributed by atoms with Crippen LogP contribution >= 0.6 is 0 Å². The number of hydrogen-bond donors (Lipinski definition) is 1. The molecule has 0 aromatic carbocycles. The zero-order valence-corrected chi connectivity index (χ0v) is 6.22. The Morgan fingerprint density at radius 1 is 1.60 bits per heavy atom. The van der Waals surface area contributed by atoms with E-state index < -0.39 is 0 Å². The summed E-state index contributed by atoms with van der Waals surface area (Å²) in [5.41, 5.74) is 0. The van der Waals surface area contributed by atoms with Crippen molar-refractivity contribution in [3.05, 3.63) is 0 Å². The molecule has 1 N–H and O–H groups in total. The summed E-state index contributed by atoms with van der Waals surface area (Å²) in [6, 6.07) is 0. The van der Waals surface area contributed by atoms with E-state index in [1.807, 2.05) is 6.92 Å². The molecule has 0 spiro atoms. The van der Waals surface area contributed by atoms with Crippen molar-refractivity contribution in [2.24, 2.45) is 0 Å². The Balaban J connectivity index is 0. The molecule has 0 aromatic heterocycles. The normalized spacial score (nSPS) is 6.00. The third-order valence-corrected chi connectivity index (χ3v) is 0.224. The van der Waals surface area contributed by atoms with Gasteiger partial charge in [-0.2, -0.15) is 0 Å². The van der Waals surface area contributed by atoms with Crippen LogP contribution in [-0.2, 0) is 0 Å². The van der Waals surface area contributed by atoms with Gasteiger partial charge >= 0.3 is 0 Å². The Morgan fingerprint density at radius 2 is 1.80 bits per heavy atom. The summed E-state index contributed by atoms with van der Waals surface area (Å²) in [7, 11) is 0. The van der Waals surface area contributed by atoms with Crippen molar-refractivity contribution < 1.29 is 5.11 Å². The van der Waals surface area contributed by atoms with Crippen LogP contribution in [0.25, 0.3) is 0 Å². The van der Waals surface area contributed by atoms with Crippen molar-refractivity contribution in [3.8, 4) is 0 Å². The standard InChI is InChI=1S/C3H8O.Sn/c1-2-3-4;/h4H,2-3H2,1H3;. The molecule has 0 rings (SSSR count). The number of hydrogen-bond acceptors (Lipinski definition) is 1. The summed E-state index contributed by atoms with van der Waals surface area (Å²) in [6.45, 7) is 2.25. The zero-order valence-electron chi connectivity index (χ0n) is 3.36. The molecule has 4 radical (unpaired) electrons. The van der Waals surface area contributed by atoms with Crippen LogP contribution in [0.1, 0.15) is 13.3 Å². The molecule has 0 bridgehead atoms. The Morgan fingerprint density at radius 3 is 1.80 bits per heavy atom. The largest absolute Gasteiger partial charge is 0.396 e. The molecule has 1 nitrogen and oxygen atoms in total. The Hall–Kier alpha value is 0.759. The molecule has 0 unspecified atom stereocenters. The fourth-order valence-electron chi connectivity index (χ4n) is 0. The topological polar surface area (TPSA) is 20.2 Å². The molecular weight excluding hydrogens is 171 g/mol. The van der Waals surface area contributed by atoms with Gasteiger partial charge in [0.1, 0.15) is 0 Å². The van der Waals surface area contributed by atoms with Crippen molar-refractivity contribution in [3.63, 3.8) is 0 Å². The molecule has 0 amide bonds. The molecule has 0 aliphatic heterocycles. The van der Waals surface area contributed by atoms with Crippen LogP contribution in [0.4, 0.5) is 0 Å².